The molecule has 4 aromatic rings. The SMILES string of the molecule is O=C(NCc1cccc(-c2cccc([C@@H]3O[C@H](CN4CCCCCCC4)C[C@H](c4ccc(CO)cc4)O3)c2)c1)c1ccccc1. The van der Waals surface area contributed by atoms with Crippen molar-refractivity contribution >= 4 is 5.91 Å². The summed E-state index contributed by atoms with van der Waals surface area (Å²) in [5.74, 6) is -0.0829. The van der Waals surface area contributed by atoms with E-state index in [4.69, 9.17) is 9.47 Å². The van der Waals surface area contributed by atoms with E-state index in [-0.39, 0.29) is 24.7 Å². The van der Waals surface area contributed by atoms with Crippen LogP contribution < -0.4 is 5.32 Å². The van der Waals surface area contributed by atoms with E-state index >= 15 is 0 Å². The molecule has 0 unspecified atom stereocenters. The lowest BCUT2D eigenvalue weighted by Crippen LogP contribution is -2.40. The summed E-state index contributed by atoms with van der Waals surface area (Å²) in [7, 11) is 0. The van der Waals surface area contributed by atoms with Gasteiger partial charge in [0.2, 0.25) is 0 Å². The molecule has 2 fully saturated rings. The molecule has 4 aromatic carbocycles. The summed E-state index contributed by atoms with van der Waals surface area (Å²) in [4.78, 5) is 15.2. The summed E-state index contributed by atoms with van der Waals surface area (Å²) in [6.45, 7) is 3.63. The van der Waals surface area contributed by atoms with Crippen molar-refractivity contribution in [3.05, 3.63) is 131 Å². The summed E-state index contributed by atoms with van der Waals surface area (Å²) in [6.07, 6.45) is 6.70. The van der Waals surface area contributed by atoms with Crippen LogP contribution in [0.4, 0.5) is 0 Å². The largest absolute Gasteiger partial charge is 0.392 e. The number of benzene rings is 4. The highest BCUT2D eigenvalue weighted by atomic mass is 16.7. The first-order valence-electron chi connectivity index (χ1n) is 16.4. The van der Waals surface area contributed by atoms with E-state index in [0.717, 1.165) is 59.4 Å². The molecule has 0 aliphatic carbocycles. The number of hydrogen-bond donors (Lipinski definition) is 2. The van der Waals surface area contributed by atoms with Crippen LogP contribution in [0.1, 0.15) is 83.5 Å². The molecule has 0 spiro atoms. The first-order valence-corrected chi connectivity index (χ1v) is 16.4. The molecule has 2 aliphatic heterocycles. The number of aliphatic hydroxyl groups excluding tert-OH is 1. The van der Waals surface area contributed by atoms with E-state index in [1.165, 1.54) is 32.1 Å². The van der Waals surface area contributed by atoms with Crippen LogP contribution in [0.2, 0.25) is 0 Å². The normalized spacial score (nSPS) is 21.0. The third-order valence-corrected chi connectivity index (χ3v) is 8.93. The molecule has 2 saturated heterocycles. The number of aliphatic hydroxyl groups is 1. The second-order valence-corrected chi connectivity index (χ2v) is 12.3. The van der Waals surface area contributed by atoms with Crippen LogP contribution in [0.15, 0.2) is 103 Å². The van der Waals surface area contributed by atoms with E-state index < -0.39 is 6.29 Å². The molecular weight excluding hydrogens is 560 g/mol. The van der Waals surface area contributed by atoms with Crippen molar-refractivity contribution in [2.45, 2.75) is 70.2 Å². The van der Waals surface area contributed by atoms with E-state index in [2.05, 4.69) is 58.7 Å². The Morgan fingerprint density at radius 1 is 0.733 bits per heavy atom. The smallest absolute Gasteiger partial charge is 0.251 e. The Bertz CT molecular complexity index is 1520. The van der Waals surface area contributed by atoms with Crippen molar-refractivity contribution in [3.63, 3.8) is 0 Å². The van der Waals surface area contributed by atoms with Gasteiger partial charge in [-0.1, -0.05) is 98.1 Å². The van der Waals surface area contributed by atoms with Crippen LogP contribution in [0, 0.1) is 0 Å². The molecule has 2 aliphatic rings. The van der Waals surface area contributed by atoms with Crippen LogP contribution in [0.3, 0.4) is 0 Å². The molecule has 6 rings (SSSR count). The lowest BCUT2D eigenvalue weighted by molar-refractivity contribution is -0.253. The second kappa shape index (κ2) is 15.5. The van der Waals surface area contributed by atoms with Crippen molar-refractivity contribution < 1.29 is 19.4 Å². The molecule has 6 heteroatoms. The van der Waals surface area contributed by atoms with Crippen LogP contribution in [0.25, 0.3) is 11.1 Å². The Kier molecular flexibility index (Phi) is 10.7. The van der Waals surface area contributed by atoms with Crippen LogP contribution in [-0.4, -0.2) is 41.7 Å². The van der Waals surface area contributed by atoms with Gasteiger partial charge in [-0.05, 0) is 78.0 Å². The highest BCUT2D eigenvalue weighted by Gasteiger charge is 2.33. The van der Waals surface area contributed by atoms with E-state index in [0.29, 0.717) is 12.1 Å². The highest BCUT2D eigenvalue weighted by Crippen LogP contribution is 2.39. The number of hydrogen-bond acceptors (Lipinski definition) is 5. The minimum atomic E-state index is -0.491. The predicted octanol–water partition coefficient (Wildman–Crippen LogP) is 7.59. The maximum Gasteiger partial charge on any atom is 0.251 e. The Labute approximate surface area is 267 Å². The topological polar surface area (TPSA) is 71.0 Å². The Morgan fingerprint density at radius 3 is 2.20 bits per heavy atom. The molecular formula is C39H44N2O4. The van der Waals surface area contributed by atoms with Crippen molar-refractivity contribution in [2.24, 2.45) is 0 Å². The summed E-state index contributed by atoms with van der Waals surface area (Å²) < 4.78 is 13.4. The van der Waals surface area contributed by atoms with Gasteiger partial charge in [-0.15, -0.1) is 0 Å². The van der Waals surface area contributed by atoms with Crippen LogP contribution in [-0.2, 0) is 22.6 Å². The molecule has 6 nitrogen and oxygen atoms in total. The number of amides is 1. The minimum Gasteiger partial charge on any atom is -0.392 e. The third kappa shape index (κ3) is 8.47. The monoisotopic (exact) mass is 604 g/mol. The molecule has 0 bridgehead atoms. The molecule has 2 N–H and O–H groups in total. The number of carbonyl (C=O) groups is 1. The van der Waals surface area contributed by atoms with Gasteiger partial charge in [-0.2, -0.15) is 0 Å². The molecule has 0 radical (unpaired) electrons. The zero-order valence-electron chi connectivity index (χ0n) is 25.9. The van der Waals surface area contributed by atoms with Crippen molar-refractivity contribution in [3.8, 4) is 11.1 Å². The van der Waals surface area contributed by atoms with E-state index in [9.17, 15) is 9.90 Å². The summed E-state index contributed by atoms with van der Waals surface area (Å²) in [5.41, 5.74) is 6.84. The van der Waals surface area contributed by atoms with Gasteiger partial charge in [0.25, 0.3) is 5.91 Å². The van der Waals surface area contributed by atoms with E-state index in [1.54, 1.807) is 0 Å². The number of ether oxygens (including phenoxy) is 2. The van der Waals surface area contributed by atoms with Crippen LogP contribution in [0.5, 0.6) is 0 Å². The number of carbonyl (C=O) groups excluding carboxylic acids is 1. The Hall–Kier alpha value is -3.81. The number of nitrogens with one attached hydrogen (secondary N) is 1. The van der Waals surface area contributed by atoms with Gasteiger partial charge < -0.3 is 24.8 Å². The number of nitrogens with zero attached hydrogens (tertiary/aromatic N) is 1. The van der Waals surface area contributed by atoms with Crippen molar-refractivity contribution in [1.29, 1.82) is 0 Å². The lowest BCUT2D eigenvalue weighted by Gasteiger charge is -2.39. The van der Waals surface area contributed by atoms with E-state index in [1.807, 2.05) is 54.6 Å². The van der Waals surface area contributed by atoms with Crippen molar-refractivity contribution in [2.75, 3.05) is 19.6 Å². The summed E-state index contributed by atoms with van der Waals surface area (Å²) >= 11 is 0. The molecule has 3 atom stereocenters. The Balaban J connectivity index is 1.19. The second-order valence-electron chi connectivity index (χ2n) is 12.3. The van der Waals surface area contributed by atoms with Gasteiger partial charge in [-0.25, -0.2) is 0 Å². The highest BCUT2D eigenvalue weighted by molar-refractivity contribution is 5.94. The molecule has 0 aromatic heterocycles. The quantitative estimate of drug-likeness (QED) is 0.206. The minimum absolute atomic E-state index is 0.0303. The standard InChI is InChI=1S/C39H44N2O4/c42-28-29-17-19-31(20-18-29)37-25-36(27-41-21-7-2-1-3-8-22-41)44-39(45-37)35-16-10-15-34(24-35)33-14-9-11-30(23-33)26-40-38(43)32-12-5-4-6-13-32/h4-6,9-20,23-24,36-37,39,42H,1-3,7-8,21-22,25-28H2,(H,40,43)/t36-,37+,39+/m0/s1. The predicted molar refractivity (Wildman–Crippen MR) is 177 cm³/mol. The van der Waals surface area contributed by atoms with Gasteiger partial charge in [0.1, 0.15) is 0 Å². The maximum absolute atomic E-state index is 12.6. The third-order valence-electron chi connectivity index (χ3n) is 8.93. The average Bonchev–Trinajstić information content (AvgIpc) is 3.09. The Morgan fingerprint density at radius 2 is 1.44 bits per heavy atom. The summed E-state index contributed by atoms with van der Waals surface area (Å²) in [5, 5.41) is 12.6. The van der Waals surface area contributed by atoms with Crippen LogP contribution >= 0.6 is 0 Å². The molecule has 45 heavy (non-hydrogen) atoms. The zero-order valence-corrected chi connectivity index (χ0v) is 25.9. The van der Waals surface area contributed by atoms with Gasteiger partial charge in [0, 0.05) is 30.6 Å². The molecule has 234 valence electrons. The molecule has 1 amide bonds. The summed E-state index contributed by atoms with van der Waals surface area (Å²) in [6, 6.07) is 34.1. The van der Waals surface area contributed by atoms with Crippen molar-refractivity contribution in [1.82, 2.24) is 10.2 Å². The average molecular weight is 605 g/mol. The first-order chi connectivity index (χ1) is 22.1. The fourth-order valence-corrected chi connectivity index (χ4v) is 6.42. The van der Waals surface area contributed by atoms with Gasteiger partial charge in [0.15, 0.2) is 6.29 Å². The first kappa shape index (κ1) is 31.2. The zero-order chi connectivity index (χ0) is 30.8. The van der Waals surface area contributed by atoms with Gasteiger partial charge in [0.05, 0.1) is 18.8 Å². The lowest BCUT2D eigenvalue weighted by atomic mass is 9.98. The number of likely N-dealkylation sites (tertiary alicyclic amines) is 1. The molecule has 2 heterocycles. The fraction of sp³-hybridized carbons (Fsp3) is 0.359. The molecule has 0 saturated carbocycles. The number of rotatable bonds is 9. The van der Waals surface area contributed by atoms with Gasteiger partial charge in [-0.3, -0.25) is 4.79 Å². The van der Waals surface area contributed by atoms with Gasteiger partial charge >= 0.3 is 0 Å². The fourth-order valence-electron chi connectivity index (χ4n) is 6.42. The maximum atomic E-state index is 12.6.